The van der Waals surface area contributed by atoms with Crippen LogP contribution in [0.3, 0.4) is 0 Å². The summed E-state index contributed by atoms with van der Waals surface area (Å²) < 4.78 is 9.29. The fourth-order valence-electron chi connectivity index (χ4n) is 1.17. The lowest BCUT2D eigenvalue weighted by molar-refractivity contribution is 0.122. The Morgan fingerprint density at radius 1 is 1.50 bits per heavy atom. The zero-order valence-corrected chi connectivity index (χ0v) is 9.51. The number of nitrogens with zero attached hydrogens (tertiary/aromatic N) is 2. The van der Waals surface area contributed by atoms with E-state index in [9.17, 15) is 0 Å². The van der Waals surface area contributed by atoms with Crippen LogP contribution in [0, 0.1) is 0 Å². The van der Waals surface area contributed by atoms with E-state index in [0.717, 1.165) is 30.0 Å². The zero-order valence-electron chi connectivity index (χ0n) is 8.69. The van der Waals surface area contributed by atoms with Crippen molar-refractivity contribution in [2.75, 3.05) is 13.2 Å². The molecule has 2 N–H and O–H groups in total. The van der Waals surface area contributed by atoms with Gasteiger partial charge in [0.15, 0.2) is 0 Å². The minimum absolute atomic E-state index is 0.0727. The first-order valence-corrected chi connectivity index (χ1v) is 5.71. The maximum atomic E-state index is 5.96. The van der Waals surface area contributed by atoms with Crippen LogP contribution in [0.25, 0.3) is 0 Å². The Labute approximate surface area is 88.6 Å². The fraction of sp³-hybridized carbons (Fsp3) is 0.778. The summed E-state index contributed by atoms with van der Waals surface area (Å²) in [7, 11) is 0. The standard InChI is InChI=1S/C9H17N3OS/c1-3-5-13-6-7(10)9-8(4-2)11-12-14-9/h7H,3-6,10H2,1-2H3. The predicted molar refractivity (Wildman–Crippen MR) is 57.3 cm³/mol. The monoisotopic (exact) mass is 215 g/mol. The summed E-state index contributed by atoms with van der Waals surface area (Å²) >= 11 is 1.37. The molecule has 4 nitrogen and oxygen atoms in total. The second-order valence-corrected chi connectivity index (χ2v) is 3.90. The quantitative estimate of drug-likeness (QED) is 0.731. The smallest absolute Gasteiger partial charge is 0.0801 e. The number of aromatic nitrogens is 2. The van der Waals surface area contributed by atoms with E-state index in [1.807, 2.05) is 0 Å². The van der Waals surface area contributed by atoms with Crippen molar-refractivity contribution >= 4 is 11.5 Å². The first kappa shape index (κ1) is 11.6. The molecular formula is C9H17N3OS. The Morgan fingerprint density at radius 3 is 2.93 bits per heavy atom. The lowest BCUT2D eigenvalue weighted by Gasteiger charge is -2.10. The molecule has 1 atom stereocenters. The molecule has 1 aromatic heterocycles. The molecule has 80 valence electrons. The van der Waals surface area contributed by atoms with Crippen LogP contribution < -0.4 is 5.73 Å². The van der Waals surface area contributed by atoms with Gasteiger partial charge >= 0.3 is 0 Å². The first-order chi connectivity index (χ1) is 6.79. The predicted octanol–water partition coefficient (Wildman–Crippen LogP) is 1.53. The molecule has 1 unspecified atom stereocenters. The summed E-state index contributed by atoms with van der Waals surface area (Å²) in [5.74, 6) is 0. The van der Waals surface area contributed by atoms with E-state index in [-0.39, 0.29) is 6.04 Å². The summed E-state index contributed by atoms with van der Waals surface area (Å²) in [6, 6.07) is -0.0727. The molecule has 1 aromatic rings. The highest BCUT2D eigenvalue weighted by Crippen LogP contribution is 2.18. The SMILES string of the molecule is CCCOCC(N)c1snnc1CC. The molecule has 14 heavy (non-hydrogen) atoms. The molecule has 1 rings (SSSR count). The number of aryl methyl sites for hydroxylation is 1. The molecule has 0 aliphatic heterocycles. The van der Waals surface area contributed by atoms with Crippen molar-refractivity contribution in [1.82, 2.24) is 9.59 Å². The van der Waals surface area contributed by atoms with Gasteiger partial charge in [0.2, 0.25) is 0 Å². The van der Waals surface area contributed by atoms with Crippen molar-refractivity contribution in [2.24, 2.45) is 5.73 Å². The van der Waals surface area contributed by atoms with Gasteiger partial charge in [0.05, 0.1) is 23.2 Å². The summed E-state index contributed by atoms with van der Waals surface area (Å²) in [5.41, 5.74) is 6.96. The van der Waals surface area contributed by atoms with Gasteiger partial charge in [-0.3, -0.25) is 0 Å². The maximum absolute atomic E-state index is 5.96. The van der Waals surface area contributed by atoms with E-state index in [4.69, 9.17) is 10.5 Å². The first-order valence-electron chi connectivity index (χ1n) is 4.94. The van der Waals surface area contributed by atoms with Crippen LogP contribution in [0.15, 0.2) is 0 Å². The normalized spacial score (nSPS) is 13.1. The minimum Gasteiger partial charge on any atom is -0.379 e. The van der Waals surface area contributed by atoms with Gasteiger partial charge in [0.1, 0.15) is 0 Å². The van der Waals surface area contributed by atoms with Gasteiger partial charge in [0, 0.05) is 6.61 Å². The molecule has 1 heterocycles. The molecule has 0 aliphatic carbocycles. The molecule has 0 radical (unpaired) electrons. The average molecular weight is 215 g/mol. The lowest BCUT2D eigenvalue weighted by Crippen LogP contribution is -2.17. The molecule has 0 spiro atoms. The van der Waals surface area contributed by atoms with E-state index < -0.39 is 0 Å². The Morgan fingerprint density at radius 2 is 2.29 bits per heavy atom. The molecule has 5 heteroatoms. The molecule has 0 saturated carbocycles. The molecular weight excluding hydrogens is 198 g/mol. The average Bonchev–Trinajstić information content (AvgIpc) is 2.65. The summed E-state index contributed by atoms with van der Waals surface area (Å²) in [6.07, 6.45) is 1.90. The van der Waals surface area contributed by atoms with Gasteiger partial charge in [-0.15, -0.1) is 5.10 Å². The maximum Gasteiger partial charge on any atom is 0.0801 e. The number of ether oxygens (including phenoxy) is 1. The van der Waals surface area contributed by atoms with E-state index in [0.29, 0.717) is 6.61 Å². The van der Waals surface area contributed by atoms with Crippen LogP contribution in [0.4, 0.5) is 0 Å². The summed E-state index contributed by atoms with van der Waals surface area (Å²) in [4.78, 5) is 1.06. The second-order valence-electron chi connectivity index (χ2n) is 3.12. The van der Waals surface area contributed by atoms with Crippen LogP contribution >= 0.6 is 11.5 Å². The highest BCUT2D eigenvalue weighted by atomic mass is 32.1. The van der Waals surface area contributed by atoms with E-state index in [2.05, 4.69) is 23.4 Å². The van der Waals surface area contributed by atoms with E-state index in [1.165, 1.54) is 11.5 Å². The van der Waals surface area contributed by atoms with E-state index >= 15 is 0 Å². The molecule has 0 fully saturated rings. The second kappa shape index (κ2) is 6.06. The minimum atomic E-state index is -0.0727. The largest absolute Gasteiger partial charge is 0.379 e. The highest BCUT2D eigenvalue weighted by Gasteiger charge is 2.14. The third kappa shape index (κ3) is 3.01. The number of hydrogen-bond acceptors (Lipinski definition) is 5. The number of hydrogen-bond donors (Lipinski definition) is 1. The van der Waals surface area contributed by atoms with Crippen molar-refractivity contribution in [3.63, 3.8) is 0 Å². The van der Waals surface area contributed by atoms with Gasteiger partial charge in [-0.1, -0.05) is 18.3 Å². The molecule has 0 amide bonds. The Balaban J connectivity index is 2.47. The Kier molecular flexibility index (Phi) is 5.00. The van der Waals surface area contributed by atoms with Crippen molar-refractivity contribution in [3.8, 4) is 0 Å². The van der Waals surface area contributed by atoms with Crippen molar-refractivity contribution < 1.29 is 4.74 Å². The molecule has 0 bridgehead atoms. The van der Waals surface area contributed by atoms with Crippen LogP contribution in [0.2, 0.25) is 0 Å². The van der Waals surface area contributed by atoms with Gasteiger partial charge in [-0.2, -0.15) is 0 Å². The highest BCUT2D eigenvalue weighted by molar-refractivity contribution is 7.05. The van der Waals surface area contributed by atoms with Crippen molar-refractivity contribution in [2.45, 2.75) is 32.7 Å². The third-order valence-corrected chi connectivity index (χ3v) is 2.80. The van der Waals surface area contributed by atoms with Gasteiger partial charge < -0.3 is 10.5 Å². The molecule has 0 saturated heterocycles. The van der Waals surface area contributed by atoms with Crippen LogP contribution in [-0.2, 0) is 11.2 Å². The van der Waals surface area contributed by atoms with E-state index in [1.54, 1.807) is 0 Å². The molecule has 0 aromatic carbocycles. The molecule has 0 aliphatic rings. The number of rotatable bonds is 6. The lowest BCUT2D eigenvalue weighted by atomic mass is 10.2. The summed E-state index contributed by atoms with van der Waals surface area (Å²) in [6.45, 7) is 5.46. The Bertz CT molecular complexity index is 264. The Hall–Kier alpha value is -0.520. The van der Waals surface area contributed by atoms with Crippen LogP contribution in [-0.4, -0.2) is 22.8 Å². The van der Waals surface area contributed by atoms with Crippen molar-refractivity contribution in [1.29, 1.82) is 0 Å². The van der Waals surface area contributed by atoms with Gasteiger partial charge in [0.25, 0.3) is 0 Å². The fourth-order valence-corrected chi connectivity index (χ4v) is 1.89. The van der Waals surface area contributed by atoms with Crippen molar-refractivity contribution in [3.05, 3.63) is 10.6 Å². The topological polar surface area (TPSA) is 61.0 Å². The van der Waals surface area contributed by atoms with Crippen LogP contribution in [0.1, 0.15) is 36.9 Å². The van der Waals surface area contributed by atoms with Gasteiger partial charge in [-0.05, 0) is 24.4 Å². The third-order valence-electron chi connectivity index (χ3n) is 1.90. The van der Waals surface area contributed by atoms with Gasteiger partial charge in [-0.25, -0.2) is 0 Å². The zero-order chi connectivity index (χ0) is 10.4. The summed E-state index contributed by atoms with van der Waals surface area (Å²) in [5, 5.41) is 4.02. The van der Waals surface area contributed by atoms with Crippen LogP contribution in [0.5, 0.6) is 0 Å². The number of nitrogens with two attached hydrogens (primary N) is 1.